The number of aromatic hydroxyl groups is 1. The predicted molar refractivity (Wildman–Crippen MR) is 84.1 cm³/mol. The van der Waals surface area contributed by atoms with Crippen molar-refractivity contribution in [3.05, 3.63) is 29.3 Å². The van der Waals surface area contributed by atoms with Crippen LogP contribution in [0.2, 0.25) is 0 Å². The van der Waals surface area contributed by atoms with Gasteiger partial charge in [0.15, 0.2) is 0 Å². The summed E-state index contributed by atoms with van der Waals surface area (Å²) in [5.74, 6) is 0.684. The highest BCUT2D eigenvalue weighted by Crippen LogP contribution is 2.19. The fourth-order valence-corrected chi connectivity index (χ4v) is 2.78. The third-order valence-corrected chi connectivity index (χ3v) is 4.12. The van der Waals surface area contributed by atoms with Crippen molar-refractivity contribution in [2.75, 3.05) is 13.1 Å². The van der Waals surface area contributed by atoms with Crippen LogP contribution in [0.15, 0.2) is 18.2 Å². The lowest BCUT2D eigenvalue weighted by molar-refractivity contribution is -0.135. The molecule has 0 atom stereocenters. The third kappa shape index (κ3) is 4.21. The van der Waals surface area contributed by atoms with Gasteiger partial charge in [-0.3, -0.25) is 4.79 Å². The largest absolute Gasteiger partial charge is 0.508 e. The lowest BCUT2D eigenvalue weighted by atomic mass is 10.0. The summed E-state index contributed by atoms with van der Waals surface area (Å²) in [6, 6.07) is 6.09. The van der Waals surface area contributed by atoms with E-state index in [9.17, 15) is 9.90 Å². The fraction of sp³-hybridized carbons (Fsp3) is 0.588. The molecule has 116 valence electrons. The summed E-state index contributed by atoms with van der Waals surface area (Å²) in [5, 5.41) is 13.3. The molecular formula is C17H26N2O2. The van der Waals surface area contributed by atoms with Gasteiger partial charge in [0.1, 0.15) is 5.75 Å². The van der Waals surface area contributed by atoms with E-state index in [4.69, 9.17) is 0 Å². The molecule has 0 aliphatic carbocycles. The van der Waals surface area contributed by atoms with Crippen LogP contribution < -0.4 is 5.32 Å². The predicted octanol–water partition coefficient (Wildman–Crippen LogP) is 2.44. The molecule has 1 heterocycles. The average molecular weight is 290 g/mol. The van der Waals surface area contributed by atoms with Crippen molar-refractivity contribution in [1.29, 1.82) is 0 Å². The van der Waals surface area contributed by atoms with Gasteiger partial charge in [0.05, 0.1) is 0 Å². The molecular weight excluding hydrogens is 264 g/mol. The smallest absolute Gasteiger partial charge is 0.225 e. The number of rotatable bonds is 4. The number of carbonyl (C=O) groups excluding carboxylic acids is 1. The quantitative estimate of drug-likeness (QED) is 0.895. The zero-order chi connectivity index (χ0) is 15.4. The molecule has 0 bridgehead atoms. The van der Waals surface area contributed by atoms with Gasteiger partial charge < -0.3 is 15.3 Å². The van der Waals surface area contributed by atoms with E-state index < -0.39 is 0 Å². The molecule has 1 fully saturated rings. The average Bonchev–Trinajstić information content (AvgIpc) is 2.48. The summed E-state index contributed by atoms with van der Waals surface area (Å²) < 4.78 is 0. The molecule has 1 aromatic rings. The first kappa shape index (κ1) is 15.8. The number of carbonyl (C=O) groups is 1. The summed E-state index contributed by atoms with van der Waals surface area (Å²) in [7, 11) is 0. The molecule has 2 rings (SSSR count). The van der Waals surface area contributed by atoms with Crippen molar-refractivity contribution in [2.24, 2.45) is 5.92 Å². The van der Waals surface area contributed by atoms with Crippen molar-refractivity contribution >= 4 is 5.91 Å². The minimum atomic E-state index is 0.0822. The Morgan fingerprint density at radius 1 is 1.38 bits per heavy atom. The maximum atomic E-state index is 11.9. The highest BCUT2D eigenvalue weighted by Gasteiger charge is 2.23. The SMILES string of the molecule is Cc1ccc(O)c(CNC2CCN(C(=O)C(C)C)CC2)c1. The minimum Gasteiger partial charge on any atom is -0.508 e. The van der Waals surface area contributed by atoms with Gasteiger partial charge in [-0.05, 0) is 25.8 Å². The van der Waals surface area contributed by atoms with Gasteiger partial charge in [-0.15, -0.1) is 0 Å². The Morgan fingerprint density at radius 2 is 2.05 bits per heavy atom. The fourth-order valence-electron chi connectivity index (χ4n) is 2.78. The van der Waals surface area contributed by atoms with Crippen LogP contribution in [-0.2, 0) is 11.3 Å². The Kier molecular flexibility index (Phi) is 5.23. The highest BCUT2D eigenvalue weighted by atomic mass is 16.3. The van der Waals surface area contributed by atoms with E-state index in [1.807, 2.05) is 37.8 Å². The number of hydrogen-bond acceptors (Lipinski definition) is 3. The van der Waals surface area contributed by atoms with Crippen molar-refractivity contribution in [3.63, 3.8) is 0 Å². The molecule has 0 radical (unpaired) electrons. The van der Waals surface area contributed by atoms with E-state index in [1.54, 1.807) is 6.07 Å². The van der Waals surface area contributed by atoms with Crippen LogP contribution in [0.1, 0.15) is 37.8 Å². The first-order valence-electron chi connectivity index (χ1n) is 7.78. The first-order chi connectivity index (χ1) is 9.97. The van der Waals surface area contributed by atoms with Crippen LogP contribution in [0.4, 0.5) is 0 Å². The van der Waals surface area contributed by atoms with Crippen LogP contribution in [0.25, 0.3) is 0 Å². The Labute approximate surface area is 127 Å². The molecule has 2 N–H and O–H groups in total. The van der Waals surface area contributed by atoms with Crippen molar-refractivity contribution in [3.8, 4) is 5.75 Å². The molecule has 1 aliphatic rings. The minimum absolute atomic E-state index is 0.0822. The Hall–Kier alpha value is -1.55. The van der Waals surface area contributed by atoms with Gasteiger partial charge in [0.2, 0.25) is 5.91 Å². The number of aryl methyl sites for hydroxylation is 1. The van der Waals surface area contributed by atoms with Gasteiger partial charge in [-0.25, -0.2) is 0 Å². The molecule has 0 spiro atoms. The van der Waals surface area contributed by atoms with E-state index in [-0.39, 0.29) is 11.8 Å². The van der Waals surface area contributed by atoms with Crippen LogP contribution in [0.5, 0.6) is 5.75 Å². The topological polar surface area (TPSA) is 52.6 Å². The van der Waals surface area contributed by atoms with Gasteiger partial charge >= 0.3 is 0 Å². The lowest BCUT2D eigenvalue weighted by Gasteiger charge is -2.33. The maximum absolute atomic E-state index is 11.9. The number of phenolic OH excluding ortho intramolecular Hbond substituents is 1. The lowest BCUT2D eigenvalue weighted by Crippen LogP contribution is -2.45. The number of nitrogens with zero attached hydrogens (tertiary/aromatic N) is 1. The molecule has 0 saturated carbocycles. The van der Waals surface area contributed by atoms with Crippen LogP contribution in [0, 0.1) is 12.8 Å². The Balaban J connectivity index is 1.81. The number of hydrogen-bond donors (Lipinski definition) is 2. The summed E-state index contributed by atoms with van der Waals surface area (Å²) in [6.45, 7) is 8.26. The van der Waals surface area contributed by atoms with E-state index in [0.29, 0.717) is 18.3 Å². The van der Waals surface area contributed by atoms with Gasteiger partial charge in [0, 0.05) is 37.2 Å². The summed E-state index contributed by atoms with van der Waals surface area (Å²) in [5.41, 5.74) is 2.10. The summed E-state index contributed by atoms with van der Waals surface area (Å²) >= 11 is 0. The highest BCUT2D eigenvalue weighted by molar-refractivity contribution is 5.78. The number of phenols is 1. The number of piperidine rings is 1. The zero-order valence-electron chi connectivity index (χ0n) is 13.2. The Bertz CT molecular complexity index is 492. The first-order valence-corrected chi connectivity index (χ1v) is 7.78. The summed E-state index contributed by atoms with van der Waals surface area (Å²) in [6.07, 6.45) is 1.95. The number of likely N-dealkylation sites (tertiary alicyclic amines) is 1. The van der Waals surface area contributed by atoms with E-state index in [2.05, 4.69) is 5.32 Å². The molecule has 0 unspecified atom stereocenters. The zero-order valence-corrected chi connectivity index (χ0v) is 13.2. The van der Waals surface area contributed by atoms with E-state index in [0.717, 1.165) is 37.1 Å². The summed E-state index contributed by atoms with van der Waals surface area (Å²) in [4.78, 5) is 13.9. The van der Waals surface area contributed by atoms with Crippen molar-refractivity contribution in [1.82, 2.24) is 10.2 Å². The number of nitrogens with one attached hydrogen (secondary N) is 1. The maximum Gasteiger partial charge on any atom is 0.225 e. The number of amides is 1. The Morgan fingerprint density at radius 3 is 2.67 bits per heavy atom. The van der Waals surface area contributed by atoms with Crippen LogP contribution in [-0.4, -0.2) is 35.0 Å². The van der Waals surface area contributed by atoms with Crippen molar-refractivity contribution < 1.29 is 9.90 Å². The van der Waals surface area contributed by atoms with Gasteiger partial charge in [-0.2, -0.15) is 0 Å². The van der Waals surface area contributed by atoms with Gasteiger partial charge in [-0.1, -0.05) is 31.5 Å². The second kappa shape index (κ2) is 6.94. The second-order valence-electron chi connectivity index (χ2n) is 6.27. The third-order valence-electron chi connectivity index (χ3n) is 4.12. The molecule has 1 aromatic carbocycles. The molecule has 1 amide bonds. The van der Waals surface area contributed by atoms with E-state index >= 15 is 0 Å². The van der Waals surface area contributed by atoms with Crippen LogP contribution in [0.3, 0.4) is 0 Å². The molecule has 21 heavy (non-hydrogen) atoms. The van der Waals surface area contributed by atoms with E-state index in [1.165, 1.54) is 0 Å². The molecule has 1 saturated heterocycles. The molecule has 1 aliphatic heterocycles. The monoisotopic (exact) mass is 290 g/mol. The number of benzene rings is 1. The standard InChI is InChI=1S/C17H26N2O2/c1-12(2)17(21)19-8-6-15(7-9-19)18-11-14-10-13(3)4-5-16(14)20/h4-5,10,12,15,18,20H,6-9,11H2,1-3H3. The molecule has 4 heteroatoms. The van der Waals surface area contributed by atoms with Gasteiger partial charge in [0.25, 0.3) is 0 Å². The second-order valence-corrected chi connectivity index (χ2v) is 6.27. The molecule has 0 aromatic heterocycles. The van der Waals surface area contributed by atoms with Crippen molar-refractivity contribution in [2.45, 2.75) is 46.2 Å². The molecule has 4 nitrogen and oxygen atoms in total. The van der Waals surface area contributed by atoms with Crippen LogP contribution >= 0.6 is 0 Å². The normalized spacial score (nSPS) is 16.5.